The number of piperazine rings is 1. The first-order valence-electron chi connectivity index (χ1n) is 10.6. The fourth-order valence-corrected chi connectivity index (χ4v) is 4.39. The molecule has 1 unspecified atom stereocenters. The molecule has 0 bridgehead atoms. The predicted molar refractivity (Wildman–Crippen MR) is 119 cm³/mol. The van der Waals surface area contributed by atoms with Crippen molar-refractivity contribution in [3.8, 4) is 11.4 Å². The molecular formula is C24H20F3N5O2. The number of hydrogen-bond donors (Lipinski definition) is 1. The molecule has 5 rings (SSSR count). The maximum atomic E-state index is 13.2. The second kappa shape index (κ2) is 7.91. The van der Waals surface area contributed by atoms with Gasteiger partial charge in [0.15, 0.2) is 5.82 Å². The summed E-state index contributed by atoms with van der Waals surface area (Å²) in [5.74, 6) is 0.198. The lowest BCUT2D eigenvalue weighted by Gasteiger charge is -2.35. The Morgan fingerprint density at radius 1 is 1.12 bits per heavy atom. The number of amides is 1. The first kappa shape index (κ1) is 22.0. The van der Waals surface area contributed by atoms with Gasteiger partial charge in [-0.2, -0.15) is 13.2 Å². The number of aldehydes is 1. The lowest BCUT2D eigenvalue weighted by Crippen LogP contribution is -2.51. The van der Waals surface area contributed by atoms with Crippen LogP contribution in [0.1, 0.15) is 18.1 Å². The number of anilines is 1. The summed E-state index contributed by atoms with van der Waals surface area (Å²) in [6, 6.07) is 8.32. The maximum Gasteiger partial charge on any atom is 0.416 e. The quantitative estimate of drug-likeness (QED) is 0.593. The van der Waals surface area contributed by atoms with Crippen LogP contribution in [-0.4, -0.2) is 46.3 Å². The van der Waals surface area contributed by atoms with E-state index in [1.807, 2.05) is 19.1 Å². The minimum atomic E-state index is -4.43. The molecule has 1 amide bonds. The van der Waals surface area contributed by atoms with Crippen molar-refractivity contribution in [3.05, 3.63) is 65.0 Å². The topological polar surface area (TPSA) is 78.4 Å². The smallest absolute Gasteiger partial charge is 0.305 e. The van der Waals surface area contributed by atoms with Crippen LogP contribution in [0.4, 0.5) is 18.9 Å². The molecule has 2 aliphatic rings. The fourth-order valence-electron chi connectivity index (χ4n) is 4.39. The molecule has 2 aliphatic heterocycles. The van der Waals surface area contributed by atoms with Crippen LogP contribution in [0.5, 0.6) is 0 Å². The Kier molecular flexibility index (Phi) is 5.12. The van der Waals surface area contributed by atoms with Gasteiger partial charge in [-0.3, -0.25) is 4.79 Å². The van der Waals surface area contributed by atoms with Crippen LogP contribution in [0, 0.1) is 6.92 Å². The van der Waals surface area contributed by atoms with Gasteiger partial charge in [0, 0.05) is 29.4 Å². The summed E-state index contributed by atoms with van der Waals surface area (Å²) in [5, 5.41) is 2.03. The highest BCUT2D eigenvalue weighted by molar-refractivity contribution is 6.07. The molecule has 1 atom stereocenters. The summed E-state index contributed by atoms with van der Waals surface area (Å²) in [4.78, 5) is 34.8. The summed E-state index contributed by atoms with van der Waals surface area (Å²) >= 11 is 0. The minimum Gasteiger partial charge on any atom is -0.305 e. The maximum absolute atomic E-state index is 13.2. The number of nitrogens with one attached hydrogen (secondary N) is 1. The van der Waals surface area contributed by atoms with E-state index >= 15 is 0 Å². The van der Waals surface area contributed by atoms with Gasteiger partial charge >= 0.3 is 6.18 Å². The van der Waals surface area contributed by atoms with Crippen LogP contribution in [-0.2, 0) is 15.8 Å². The van der Waals surface area contributed by atoms with Crippen molar-refractivity contribution < 1.29 is 22.8 Å². The van der Waals surface area contributed by atoms with E-state index in [9.17, 15) is 22.8 Å². The molecule has 0 radical (unpaired) electrons. The third-order valence-electron chi connectivity index (χ3n) is 6.19. The number of benzene rings is 2. The Bertz CT molecular complexity index is 1370. The summed E-state index contributed by atoms with van der Waals surface area (Å²) in [7, 11) is 0. The molecular weight excluding hydrogens is 447 g/mol. The number of alkyl halides is 3. The molecule has 1 saturated heterocycles. The zero-order valence-electron chi connectivity index (χ0n) is 18.3. The first-order chi connectivity index (χ1) is 16.2. The molecule has 3 aromatic rings. The van der Waals surface area contributed by atoms with Crippen molar-refractivity contribution >= 4 is 28.8 Å². The molecule has 0 aliphatic carbocycles. The van der Waals surface area contributed by atoms with E-state index in [1.165, 1.54) is 12.3 Å². The van der Waals surface area contributed by atoms with Crippen LogP contribution in [0.15, 0.2) is 53.9 Å². The number of carbonyl (C=O) groups excluding carboxylic acids is 2. The Labute approximate surface area is 192 Å². The molecule has 7 nitrogen and oxygen atoms in total. The van der Waals surface area contributed by atoms with Crippen molar-refractivity contribution in [1.29, 1.82) is 0 Å². The third-order valence-corrected chi connectivity index (χ3v) is 6.19. The number of fused-ring (bicyclic) bond motifs is 2. The second-order valence-corrected chi connectivity index (χ2v) is 8.35. The van der Waals surface area contributed by atoms with Gasteiger partial charge in [-0.1, -0.05) is 0 Å². The normalized spacial score (nSPS) is 18.6. The summed E-state index contributed by atoms with van der Waals surface area (Å²) in [6.07, 6.45) is -2.27. The van der Waals surface area contributed by atoms with Crippen LogP contribution in [0.25, 0.3) is 22.3 Å². The van der Waals surface area contributed by atoms with E-state index < -0.39 is 17.8 Å². The molecule has 2 aromatic carbocycles. The standard InChI is InChI=1S/C24H20F3N5O2/c1-13-9-15(22-28-11-16-10-17(24(25,26)27)4-5-18(16)29-22)3-6-20(13)31-7-8-32-21(23(31)34)14(2)19(12-33)30-32/h3-6,9-12,19,30H,7-8H2,1-2H3. The van der Waals surface area contributed by atoms with Crippen molar-refractivity contribution in [2.24, 2.45) is 0 Å². The lowest BCUT2D eigenvalue weighted by atomic mass is 10.0. The third kappa shape index (κ3) is 3.60. The van der Waals surface area contributed by atoms with Crippen molar-refractivity contribution in [1.82, 2.24) is 20.4 Å². The number of carbonyl (C=O) groups is 2. The highest BCUT2D eigenvalue weighted by atomic mass is 19.4. The molecule has 1 fully saturated rings. The van der Waals surface area contributed by atoms with Crippen LogP contribution in [0.2, 0.25) is 0 Å². The van der Waals surface area contributed by atoms with Crippen molar-refractivity contribution in [2.75, 3.05) is 18.0 Å². The summed E-state index contributed by atoms with van der Waals surface area (Å²) in [5.41, 5.74) is 6.12. The monoisotopic (exact) mass is 467 g/mol. The van der Waals surface area contributed by atoms with E-state index in [-0.39, 0.29) is 5.91 Å². The highest BCUT2D eigenvalue weighted by Gasteiger charge is 2.39. The number of hydrazine groups is 1. The highest BCUT2D eigenvalue weighted by Crippen LogP contribution is 2.33. The first-order valence-corrected chi connectivity index (χ1v) is 10.6. The van der Waals surface area contributed by atoms with E-state index in [1.54, 1.807) is 22.9 Å². The van der Waals surface area contributed by atoms with Crippen molar-refractivity contribution in [2.45, 2.75) is 26.1 Å². The minimum absolute atomic E-state index is 0.182. The van der Waals surface area contributed by atoms with Gasteiger partial charge in [-0.25, -0.2) is 15.4 Å². The summed E-state index contributed by atoms with van der Waals surface area (Å²) in [6.45, 7) is 4.63. The average Bonchev–Trinajstić information content (AvgIpc) is 3.14. The van der Waals surface area contributed by atoms with Crippen LogP contribution >= 0.6 is 0 Å². The zero-order chi connectivity index (χ0) is 24.2. The number of nitrogens with zero attached hydrogens (tertiary/aromatic N) is 4. The second-order valence-electron chi connectivity index (χ2n) is 8.35. The number of hydrogen-bond acceptors (Lipinski definition) is 6. The van der Waals surface area contributed by atoms with E-state index in [4.69, 9.17) is 0 Å². The average molecular weight is 467 g/mol. The Morgan fingerprint density at radius 3 is 2.62 bits per heavy atom. The molecule has 174 valence electrons. The Hall–Kier alpha value is -3.79. The van der Waals surface area contributed by atoms with E-state index in [0.29, 0.717) is 46.7 Å². The largest absolute Gasteiger partial charge is 0.416 e. The molecule has 34 heavy (non-hydrogen) atoms. The SMILES string of the molecule is CC1=C2C(=O)N(c3ccc(-c4ncc5cc(C(F)(F)F)ccc5n4)cc3C)CCN2NC1C=O. The molecule has 10 heteroatoms. The number of aromatic nitrogens is 2. The molecule has 0 saturated carbocycles. The van der Waals surface area contributed by atoms with Gasteiger partial charge in [0.1, 0.15) is 18.0 Å². The lowest BCUT2D eigenvalue weighted by molar-refractivity contribution is -0.137. The molecule has 3 heterocycles. The van der Waals surface area contributed by atoms with Gasteiger partial charge in [0.2, 0.25) is 0 Å². The molecule has 1 N–H and O–H groups in total. The van der Waals surface area contributed by atoms with Crippen LogP contribution < -0.4 is 10.3 Å². The van der Waals surface area contributed by atoms with Crippen LogP contribution in [0.3, 0.4) is 0 Å². The predicted octanol–water partition coefficient (Wildman–Crippen LogP) is 3.63. The number of rotatable bonds is 3. The van der Waals surface area contributed by atoms with Gasteiger partial charge in [0.25, 0.3) is 5.91 Å². The van der Waals surface area contributed by atoms with Gasteiger partial charge < -0.3 is 14.7 Å². The molecule has 0 spiro atoms. The van der Waals surface area contributed by atoms with Gasteiger partial charge in [0.05, 0.1) is 17.6 Å². The van der Waals surface area contributed by atoms with E-state index in [2.05, 4.69) is 15.4 Å². The summed E-state index contributed by atoms with van der Waals surface area (Å²) < 4.78 is 38.9. The number of aryl methyl sites for hydroxylation is 1. The zero-order valence-corrected chi connectivity index (χ0v) is 18.3. The Morgan fingerprint density at radius 2 is 1.91 bits per heavy atom. The molecule has 1 aromatic heterocycles. The van der Waals surface area contributed by atoms with Gasteiger partial charge in [-0.05, 0) is 61.4 Å². The Balaban J connectivity index is 1.45. The fraction of sp³-hybridized carbons (Fsp3) is 0.250. The number of halogens is 3. The van der Waals surface area contributed by atoms with E-state index in [0.717, 1.165) is 29.7 Å². The van der Waals surface area contributed by atoms with Crippen molar-refractivity contribution in [3.63, 3.8) is 0 Å². The van der Waals surface area contributed by atoms with Gasteiger partial charge in [-0.15, -0.1) is 0 Å².